The summed E-state index contributed by atoms with van der Waals surface area (Å²) >= 11 is 0. The van der Waals surface area contributed by atoms with Gasteiger partial charge >= 0.3 is 5.69 Å². The van der Waals surface area contributed by atoms with Crippen molar-refractivity contribution >= 4 is 11.4 Å². The van der Waals surface area contributed by atoms with Crippen LogP contribution in [0.3, 0.4) is 0 Å². The fourth-order valence-corrected chi connectivity index (χ4v) is 2.60. The summed E-state index contributed by atoms with van der Waals surface area (Å²) in [6.45, 7) is 5.78. The fraction of sp³-hybridized carbons (Fsp3) is 0.571. The van der Waals surface area contributed by atoms with E-state index in [0.717, 1.165) is 19.5 Å². The average molecular weight is 279 g/mol. The number of benzene rings is 1. The van der Waals surface area contributed by atoms with Gasteiger partial charge in [0, 0.05) is 19.1 Å². The number of anilines is 1. The highest BCUT2D eigenvalue weighted by atomic mass is 16.6. The summed E-state index contributed by atoms with van der Waals surface area (Å²) in [5.41, 5.74) is 6.69. The number of rotatable bonds is 4. The van der Waals surface area contributed by atoms with Gasteiger partial charge in [0.1, 0.15) is 5.69 Å². The first-order chi connectivity index (χ1) is 9.54. The van der Waals surface area contributed by atoms with E-state index >= 15 is 0 Å². The Morgan fingerprint density at radius 2 is 2.30 bits per heavy atom. The molecule has 1 aromatic rings. The van der Waals surface area contributed by atoms with Crippen LogP contribution in [0.25, 0.3) is 0 Å². The van der Waals surface area contributed by atoms with E-state index in [4.69, 9.17) is 10.5 Å². The van der Waals surface area contributed by atoms with Crippen molar-refractivity contribution in [3.05, 3.63) is 28.3 Å². The number of nitrogens with two attached hydrogens (primary N) is 1. The van der Waals surface area contributed by atoms with Gasteiger partial charge in [0.2, 0.25) is 0 Å². The number of nitro groups is 1. The van der Waals surface area contributed by atoms with Crippen LogP contribution in [0.5, 0.6) is 5.75 Å². The van der Waals surface area contributed by atoms with Crippen LogP contribution in [0.2, 0.25) is 0 Å². The normalized spacial score (nSPS) is 22.6. The Morgan fingerprint density at radius 3 is 2.90 bits per heavy atom. The van der Waals surface area contributed by atoms with E-state index in [1.807, 2.05) is 11.8 Å². The predicted molar refractivity (Wildman–Crippen MR) is 78.2 cm³/mol. The van der Waals surface area contributed by atoms with E-state index in [1.165, 1.54) is 0 Å². The first-order valence-electron chi connectivity index (χ1n) is 6.95. The topological polar surface area (TPSA) is 81.6 Å². The quantitative estimate of drug-likeness (QED) is 0.674. The molecule has 6 heteroatoms. The summed E-state index contributed by atoms with van der Waals surface area (Å²) in [5.74, 6) is 0.650. The van der Waals surface area contributed by atoms with Crippen LogP contribution in [0, 0.1) is 16.0 Å². The maximum absolute atomic E-state index is 11.4. The zero-order valence-electron chi connectivity index (χ0n) is 11.9. The minimum Gasteiger partial charge on any atom is -0.487 e. The molecule has 2 unspecified atom stereocenters. The van der Waals surface area contributed by atoms with Crippen molar-refractivity contribution in [1.29, 1.82) is 0 Å². The first kappa shape index (κ1) is 14.6. The van der Waals surface area contributed by atoms with Gasteiger partial charge in [-0.05, 0) is 31.4 Å². The molecule has 0 saturated carbocycles. The van der Waals surface area contributed by atoms with Gasteiger partial charge in [-0.1, -0.05) is 13.0 Å². The molecule has 2 rings (SSSR count). The number of ether oxygens (including phenoxy) is 1. The number of hydrogen-bond acceptors (Lipinski definition) is 5. The number of hydrogen-bond donors (Lipinski definition) is 1. The molecule has 20 heavy (non-hydrogen) atoms. The second kappa shape index (κ2) is 6.09. The standard InChI is InChI=1S/C14H21N3O3/c1-3-20-13-6-4-5-12(14(13)17(18)19)16-8-7-11(15)10(2)9-16/h4-6,10-11H,3,7-9,15H2,1-2H3. The molecule has 0 spiro atoms. The molecule has 1 aliphatic heterocycles. The van der Waals surface area contributed by atoms with Crippen molar-refractivity contribution in [3.63, 3.8) is 0 Å². The van der Waals surface area contributed by atoms with Crippen molar-refractivity contribution in [2.75, 3.05) is 24.6 Å². The lowest BCUT2D eigenvalue weighted by Crippen LogP contribution is -2.46. The molecule has 1 heterocycles. The summed E-state index contributed by atoms with van der Waals surface area (Å²) in [6.07, 6.45) is 0.844. The third-order valence-electron chi connectivity index (χ3n) is 3.77. The smallest absolute Gasteiger partial charge is 0.333 e. The molecule has 1 aromatic carbocycles. The molecule has 1 fully saturated rings. The highest BCUT2D eigenvalue weighted by Gasteiger charge is 2.29. The third-order valence-corrected chi connectivity index (χ3v) is 3.77. The Kier molecular flexibility index (Phi) is 4.44. The van der Waals surface area contributed by atoms with Gasteiger partial charge in [0.25, 0.3) is 0 Å². The molecule has 1 aliphatic rings. The van der Waals surface area contributed by atoms with Crippen molar-refractivity contribution < 1.29 is 9.66 Å². The van der Waals surface area contributed by atoms with Crippen LogP contribution in [-0.2, 0) is 0 Å². The molecule has 0 radical (unpaired) electrons. The Labute approximate surface area is 118 Å². The molecule has 1 saturated heterocycles. The second-order valence-corrected chi connectivity index (χ2v) is 5.19. The van der Waals surface area contributed by atoms with Gasteiger partial charge in [-0.3, -0.25) is 10.1 Å². The zero-order chi connectivity index (χ0) is 14.7. The summed E-state index contributed by atoms with van der Waals surface area (Å²) < 4.78 is 5.38. The van der Waals surface area contributed by atoms with Crippen LogP contribution in [0.1, 0.15) is 20.3 Å². The Balaban J connectivity index is 2.35. The molecule has 0 aliphatic carbocycles. The molecule has 110 valence electrons. The zero-order valence-corrected chi connectivity index (χ0v) is 11.9. The number of piperidine rings is 1. The lowest BCUT2D eigenvalue weighted by atomic mass is 9.94. The maximum atomic E-state index is 11.4. The van der Waals surface area contributed by atoms with Crippen molar-refractivity contribution in [2.45, 2.75) is 26.3 Å². The fourth-order valence-electron chi connectivity index (χ4n) is 2.60. The Morgan fingerprint density at radius 1 is 1.55 bits per heavy atom. The summed E-state index contributed by atoms with van der Waals surface area (Å²) in [7, 11) is 0. The molecule has 2 N–H and O–H groups in total. The summed E-state index contributed by atoms with van der Waals surface area (Å²) in [4.78, 5) is 13.1. The highest BCUT2D eigenvalue weighted by molar-refractivity contribution is 5.70. The molecule has 0 aromatic heterocycles. The van der Waals surface area contributed by atoms with Crippen LogP contribution in [0.15, 0.2) is 18.2 Å². The predicted octanol–water partition coefficient (Wildman–Crippen LogP) is 2.17. The van der Waals surface area contributed by atoms with Gasteiger partial charge in [0.15, 0.2) is 5.75 Å². The first-order valence-corrected chi connectivity index (χ1v) is 6.95. The molecule has 0 bridgehead atoms. The van der Waals surface area contributed by atoms with Gasteiger partial charge in [-0.25, -0.2) is 0 Å². The lowest BCUT2D eigenvalue weighted by molar-refractivity contribution is -0.385. The molecule has 0 amide bonds. The van der Waals surface area contributed by atoms with Crippen LogP contribution in [0.4, 0.5) is 11.4 Å². The second-order valence-electron chi connectivity index (χ2n) is 5.19. The van der Waals surface area contributed by atoms with E-state index in [-0.39, 0.29) is 16.7 Å². The molecule has 6 nitrogen and oxygen atoms in total. The minimum atomic E-state index is -0.362. The van der Waals surface area contributed by atoms with E-state index in [0.29, 0.717) is 24.0 Å². The van der Waals surface area contributed by atoms with Gasteiger partial charge in [-0.15, -0.1) is 0 Å². The molecule has 2 atom stereocenters. The Bertz CT molecular complexity index is 493. The minimum absolute atomic E-state index is 0.0528. The van der Waals surface area contributed by atoms with Crippen molar-refractivity contribution in [1.82, 2.24) is 0 Å². The van der Waals surface area contributed by atoms with Crippen molar-refractivity contribution in [2.24, 2.45) is 11.7 Å². The van der Waals surface area contributed by atoms with Crippen LogP contribution in [-0.4, -0.2) is 30.7 Å². The SMILES string of the molecule is CCOc1cccc(N2CCC(N)C(C)C2)c1[N+](=O)[O-]. The van der Waals surface area contributed by atoms with Gasteiger partial charge in [-0.2, -0.15) is 0 Å². The monoisotopic (exact) mass is 279 g/mol. The van der Waals surface area contributed by atoms with E-state index in [1.54, 1.807) is 18.2 Å². The molecular weight excluding hydrogens is 258 g/mol. The number of para-hydroxylation sites is 1. The largest absolute Gasteiger partial charge is 0.487 e. The van der Waals surface area contributed by atoms with Crippen LogP contribution >= 0.6 is 0 Å². The number of nitrogens with zero attached hydrogens (tertiary/aromatic N) is 2. The summed E-state index contributed by atoms with van der Waals surface area (Å²) in [6, 6.07) is 5.39. The van der Waals surface area contributed by atoms with Gasteiger partial charge in [0.05, 0.1) is 11.5 Å². The Hall–Kier alpha value is -1.82. The highest BCUT2D eigenvalue weighted by Crippen LogP contribution is 2.38. The lowest BCUT2D eigenvalue weighted by Gasteiger charge is -2.36. The molecular formula is C14H21N3O3. The van der Waals surface area contributed by atoms with E-state index in [2.05, 4.69) is 6.92 Å². The van der Waals surface area contributed by atoms with E-state index < -0.39 is 0 Å². The maximum Gasteiger partial charge on any atom is 0.333 e. The van der Waals surface area contributed by atoms with Gasteiger partial charge < -0.3 is 15.4 Å². The van der Waals surface area contributed by atoms with Crippen molar-refractivity contribution in [3.8, 4) is 5.75 Å². The number of nitro benzene ring substituents is 1. The average Bonchev–Trinajstić information content (AvgIpc) is 2.42. The summed E-state index contributed by atoms with van der Waals surface area (Å²) in [5, 5.41) is 11.4. The van der Waals surface area contributed by atoms with Crippen LogP contribution < -0.4 is 15.4 Å². The third kappa shape index (κ3) is 2.85. The van der Waals surface area contributed by atoms with E-state index in [9.17, 15) is 10.1 Å².